The first-order chi connectivity index (χ1) is 10.8. The molecule has 5 nitrogen and oxygen atoms in total. The summed E-state index contributed by atoms with van der Waals surface area (Å²) in [6.45, 7) is 7.44. The molecule has 120 valence electrons. The van der Waals surface area contributed by atoms with Gasteiger partial charge in [-0.25, -0.2) is 4.79 Å². The molecule has 1 aromatic rings. The van der Waals surface area contributed by atoms with Gasteiger partial charge in [0.25, 0.3) is 0 Å². The lowest BCUT2D eigenvalue weighted by molar-refractivity contribution is -0.143. The third kappa shape index (κ3) is 3.11. The van der Waals surface area contributed by atoms with Crippen molar-refractivity contribution in [2.45, 2.75) is 20.0 Å². The Bertz CT molecular complexity index is 672. The molecular formula is C18H19NO4. The largest absolute Gasteiger partial charge is 0.469 e. The minimum Gasteiger partial charge on any atom is -0.469 e. The minimum atomic E-state index is -0.841. The fraction of sp³-hybridized carbons (Fsp3) is 0.389. The molecule has 1 saturated carbocycles. The molecule has 0 aliphatic heterocycles. The molecule has 3 atom stereocenters. The van der Waals surface area contributed by atoms with Crippen molar-refractivity contribution in [2.75, 3.05) is 7.11 Å². The molecule has 1 unspecified atom stereocenters. The fourth-order valence-electron chi connectivity index (χ4n) is 3.00. The van der Waals surface area contributed by atoms with Gasteiger partial charge in [-0.05, 0) is 17.5 Å². The lowest BCUT2D eigenvalue weighted by Crippen LogP contribution is -2.25. The Kier molecular flexibility index (Phi) is 4.55. The van der Waals surface area contributed by atoms with E-state index in [2.05, 4.69) is 6.58 Å². The fourth-order valence-corrected chi connectivity index (χ4v) is 3.00. The van der Waals surface area contributed by atoms with Gasteiger partial charge in [0.15, 0.2) is 0 Å². The molecule has 5 heteroatoms. The predicted octanol–water partition coefficient (Wildman–Crippen LogP) is 2.74. The number of methoxy groups -OCH3 is 1. The molecule has 0 amide bonds. The average Bonchev–Trinajstić information content (AvgIpc) is 3.13. The van der Waals surface area contributed by atoms with Gasteiger partial charge in [0.05, 0.1) is 30.2 Å². The lowest BCUT2D eigenvalue weighted by atomic mass is 10.0. The standard InChI is InChI=1S/C18H19NO4/c1-11(10-19)15(13-14(17(21)22-4)18(13,2)3)23-16(20)12-8-6-5-7-9-12/h5-9,13-15H,1H2,2-4H3/t13-,14+,15?/m1/s1. The minimum absolute atomic E-state index is 0.124. The van der Waals surface area contributed by atoms with E-state index in [-0.39, 0.29) is 17.5 Å². The van der Waals surface area contributed by atoms with E-state index in [1.165, 1.54) is 7.11 Å². The molecule has 2 rings (SSSR count). The highest BCUT2D eigenvalue weighted by molar-refractivity contribution is 5.89. The van der Waals surface area contributed by atoms with E-state index in [9.17, 15) is 9.59 Å². The van der Waals surface area contributed by atoms with Crippen molar-refractivity contribution in [2.24, 2.45) is 17.3 Å². The number of hydrogen-bond donors (Lipinski definition) is 0. The Morgan fingerprint density at radius 2 is 1.91 bits per heavy atom. The van der Waals surface area contributed by atoms with E-state index in [4.69, 9.17) is 14.7 Å². The van der Waals surface area contributed by atoms with Gasteiger partial charge in [0.1, 0.15) is 6.10 Å². The van der Waals surface area contributed by atoms with Crippen LogP contribution in [-0.2, 0) is 14.3 Å². The number of nitriles is 1. The van der Waals surface area contributed by atoms with Crippen molar-refractivity contribution in [3.8, 4) is 6.07 Å². The van der Waals surface area contributed by atoms with Gasteiger partial charge in [-0.1, -0.05) is 38.6 Å². The third-order valence-electron chi connectivity index (χ3n) is 4.42. The molecule has 1 aliphatic rings. The van der Waals surface area contributed by atoms with Crippen molar-refractivity contribution in [1.29, 1.82) is 5.26 Å². The van der Waals surface area contributed by atoms with E-state index >= 15 is 0 Å². The Morgan fingerprint density at radius 3 is 2.43 bits per heavy atom. The van der Waals surface area contributed by atoms with Crippen LogP contribution in [-0.4, -0.2) is 25.2 Å². The van der Waals surface area contributed by atoms with E-state index in [0.717, 1.165) is 0 Å². The molecular weight excluding hydrogens is 294 g/mol. The number of esters is 2. The van der Waals surface area contributed by atoms with Gasteiger partial charge in [0.2, 0.25) is 0 Å². The van der Waals surface area contributed by atoms with E-state index < -0.39 is 23.4 Å². The Labute approximate surface area is 135 Å². The van der Waals surface area contributed by atoms with Crippen molar-refractivity contribution >= 4 is 11.9 Å². The molecule has 0 aromatic heterocycles. The molecule has 1 aromatic carbocycles. The second kappa shape index (κ2) is 6.25. The van der Waals surface area contributed by atoms with Crippen LogP contribution in [0.15, 0.2) is 42.5 Å². The van der Waals surface area contributed by atoms with Crippen molar-refractivity contribution in [1.82, 2.24) is 0 Å². The van der Waals surface area contributed by atoms with Crippen molar-refractivity contribution < 1.29 is 19.1 Å². The zero-order valence-electron chi connectivity index (χ0n) is 13.4. The maximum atomic E-state index is 12.3. The van der Waals surface area contributed by atoms with Crippen LogP contribution in [0.5, 0.6) is 0 Å². The first-order valence-electron chi connectivity index (χ1n) is 7.27. The molecule has 0 radical (unpaired) electrons. The highest BCUT2D eigenvalue weighted by atomic mass is 16.5. The van der Waals surface area contributed by atoms with Crippen LogP contribution in [0.2, 0.25) is 0 Å². The highest BCUT2D eigenvalue weighted by Crippen LogP contribution is 2.61. The monoisotopic (exact) mass is 313 g/mol. The number of nitrogens with zero attached hydrogens (tertiary/aromatic N) is 1. The summed E-state index contributed by atoms with van der Waals surface area (Å²) < 4.78 is 10.3. The van der Waals surface area contributed by atoms with E-state index in [0.29, 0.717) is 5.56 Å². The molecule has 0 heterocycles. The van der Waals surface area contributed by atoms with Gasteiger partial charge in [-0.3, -0.25) is 4.79 Å². The van der Waals surface area contributed by atoms with Crippen LogP contribution in [0.25, 0.3) is 0 Å². The molecule has 0 bridgehead atoms. The normalized spacial score (nSPS) is 22.3. The average molecular weight is 313 g/mol. The van der Waals surface area contributed by atoms with Gasteiger partial charge in [-0.15, -0.1) is 0 Å². The van der Waals surface area contributed by atoms with Gasteiger partial charge in [0, 0.05) is 5.92 Å². The Balaban J connectivity index is 2.23. The van der Waals surface area contributed by atoms with Crippen molar-refractivity contribution in [3.05, 3.63) is 48.0 Å². The predicted molar refractivity (Wildman–Crippen MR) is 83.2 cm³/mol. The molecule has 23 heavy (non-hydrogen) atoms. The maximum Gasteiger partial charge on any atom is 0.338 e. The van der Waals surface area contributed by atoms with Crippen LogP contribution in [0.4, 0.5) is 0 Å². The van der Waals surface area contributed by atoms with Crippen LogP contribution >= 0.6 is 0 Å². The summed E-state index contributed by atoms with van der Waals surface area (Å²) in [5, 5.41) is 9.16. The van der Waals surface area contributed by atoms with Crippen LogP contribution in [0, 0.1) is 28.6 Å². The van der Waals surface area contributed by atoms with E-state index in [1.54, 1.807) is 30.3 Å². The quantitative estimate of drug-likeness (QED) is 0.617. The topological polar surface area (TPSA) is 76.4 Å². The van der Waals surface area contributed by atoms with Crippen molar-refractivity contribution in [3.63, 3.8) is 0 Å². The number of carbonyl (C=O) groups excluding carboxylic acids is 2. The second-order valence-electron chi connectivity index (χ2n) is 6.18. The van der Waals surface area contributed by atoms with Crippen LogP contribution in [0.3, 0.4) is 0 Å². The van der Waals surface area contributed by atoms with Crippen LogP contribution in [0.1, 0.15) is 24.2 Å². The molecule has 1 fully saturated rings. The third-order valence-corrected chi connectivity index (χ3v) is 4.42. The molecule has 1 aliphatic carbocycles. The second-order valence-corrected chi connectivity index (χ2v) is 6.18. The molecule has 0 N–H and O–H groups in total. The zero-order chi connectivity index (χ0) is 17.2. The zero-order valence-corrected chi connectivity index (χ0v) is 13.4. The highest BCUT2D eigenvalue weighted by Gasteiger charge is 2.67. The summed E-state index contributed by atoms with van der Waals surface area (Å²) in [5.41, 5.74) is 0.0872. The number of benzene rings is 1. The number of ether oxygens (including phenoxy) is 2. The summed E-state index contributed by atoms with van der Waals surface area (Å²) in [6, 6.07) is 10.4. The van der Waals surface area contributed by atoms with Gasteiger partial charge in [-0.2, -0.15) is 5.26 Å². The first kappa shape index (κ1) is 16.8. The molecule has 0 spiro atoms. The van der Waals surface area contributed by atoms with Gasteiger partial charge < -0.3 is 9.47 Å². The number of hydrogen-bond acceptors (Lipinski definition) is 5. The summed E-state index contributed by atoms with van der Waals surface area (Å²) in [6.07, 6.45) is -0.841. The Hall–Kier alpha value is -2.61. The molecule has 0 saturated heterocycles. The smallest absolute Gasteiger partial charge is 0.338 e. The Morgan fingerprint density at radius 1 is 1.30 bits per heavy atom. The van der Waals surface area contributed by atoms with Gasteiger partial charge >= 0.3 is 11.9 Å². The lowest BCUT2D eigenvalue weighted by Gasteiger charge is -2.18. The summed E-state index contributed by atoms with van der Waals surface area (Å²) >= 11 is 0. The number of carbonyl (C=O) groups is 2. The number of rotatable bonds is 5. The van der Waals surface area contributed by atoms with E-state index in [1.807, 2.05) is 19.9 Å². The summed E-state index contributed by atoms with van der Waals surface area (Å²) in [4.78, 5) is 24.2. The first-order valence-corrected chi connectivity index (χ1v) is 7.27. The summed E-state index contributed by atoms with van der Waals surface area (Å²) in [5.74, 6) is -1.66. The maximum absolute atomic E-state index is 12.3. The van der Waals surface area contributed by atoms with Crippen LogP contribution < -0.4 is 0 Å². The SMILES string of the molecule is C=C(C#N)C(OC(=O)c1ccccc1)[C@H]1[C@@H](C(=O)OC)C1(C)C. The summed E-state index contributed by atoms with van der Waals surface area (Å²) in [7, 11) is 1.32.